The Morgan fingerprint density at radius 3 is 2.68 bits per heavy atom. The number of nitriles is 1. The first-order chi connectivity index (χ1) is 10.9. The molecule has 3 nitrogen and oxygen atoms in total. The van der Waals surface area contributed by atoms with Gasteiger partial charge in [0.15, 0.2) is 0 Å². The van der Waals surface area contributed by atoms with Crippen LogP contribution >= 0.6 is 0 Å². The lowest BCUT2D eigenvalue weighted by molar-refractivity contribution is 0.0253. The highest BCUT2D eigenvalue weighted by molar-refractivity contribution is 5.70. The summed E-state index contributed by atoms with van der Waals surface area (Å²) in [6.07, 6.45) is 2.66. The fourth-order valence-corrected chi connectivity index (χ4v) is 2.79. The lowest BCUT2D eigenvalue weighted by atomic mass is 9.99. The Morgan fingerprint density at radius 2 is 1.95 bits per heavy atom. The first kappa shape index (κ1) is 14.8. The molecule has 0 radical (unpaired) electrons. The number of nitrogens with one attached hydrogen (secondary N) is 1. The quantitative estimate of drug-likeness (QED) is 0.938. The van der Waals surface area contributed by atoms with E-state index in [0.29, 0.717) is 18.3 Å². The van der Waals surface area contributed by atoms with Gasteiger partial charge >= 0.3 is 0 Å². The van der Waals surface area contributed by atoms with Gasteiger partial charge in [-0.15, -0.1) is 0 Å². The molecule has 112 valence electrons. The molecule has 1 N–H and O–H groups in total. The first-order valence-corrected chi connectivity index (χ1v) is 7.77. The molecular weight excluding hydrogens is 272 g/mol. The summed E-state index contributed by atoms with van der Waals surface area (Å²) >= 11 is 0. The fraction of sp³-hybridized carbons (Fsp3) is 0.316. The number of ether oxygens (including phenoxy) is 1. The second-order valence-electron chi connectivity index (χ2n) is 5.63. The van der Waals surface area contributed by atoms with E-state index in [1.807, 2.05) is 24.3 Å². The fourth-order valence-electron chi connectivity index (χ4n) is 2.79. The monoisotopic (exact) mass is 292 g/mol. The van der Waals surface area contributed by atoms with E-state index in [9.17, 15) is 5.26 Å². The average molecular weight is 292 g/mol. The Balaban J connectivity index is 1.66. The lowest BCUT2D eigenvalue weighted by Gasteiger charge is -2.23. The Kier molecular flexibility index (Phi) is 4.85. The van der Waals surface area contributed by atoms with Gasteiger partial charge in [-0.2, -0.15) is 5.26 Å². The van der Waals surface area contributed by atoms with Gasteiger partial charge in [-0.25, -0.2) is 0 Å². The van der Waals surface area contributed by atoms with E-state index < -0.39 is 0 Å². The third-order valence-corrected chi connectivity index (χ3v) is 4.05. The molecule has 0 saturated carbocycles. The molecule has 22 heavy (non-hydrogen) atoms. The first-order valence-electron chi connectivity index (χ1n) is 7.77. The van der Waals surface area contributed by atoms with Crippen LogP contribution in [0.1, 0.15) is 24.0 Å². The topological polar surface area (TPSA) is 45.0 Å². The molecular formula is C19H20N2O. The summed E-state index contributed by atoms with van der Waals surface area (Å²) in [5.41, 5.74) is 3.93. The van der Waals surface area contributed by atoms with Crippen molar-refractivity contribution in [2.45, 2.75) is 25.6 Å². The highest BCUT2D eigenvalue weighted by Gasteiger charge is 2.13. The standard InChI is InChI=1S/C19H20N2O/c20-12-17-4-1-2-6-19(17)16-9-7-15(8-10-16)14-22-18-5-3-11-21-13-18/h1-2,4,6-10,18,21H,3,5,11,13-14H2. The molecule has 1 fully saturated rings. The summed E-state index contributed by atoms with van der Waals surface area (Å²) in [6, 6.07) is 18.2. The summed E-state index contributed by atoms with van der Waals surface area (Å²) in [6.45, 7) is 2.70. The van der Waals surface area contributed by atoms with E-state index in [0.717, 1.165) is 30.6 Å². The minimum atomic E-state index is 0.327. The molecule has 1 aliphatic heterocycles. The van der Waals surface area contributed by atoms with Crippen LogP contribution in [0.2, 0.25) is 0 Å². The van der Waals surface area contributed by atoms with Crippen LogP contribution in [-0.4, -0.2) is 19.2 Å². The van der Waals surface area contributed by atoms with Crippen LogP contribution in [0.5, 0.6) is 0 Å². The Labute approximate surface area is 131 Å². The largest absolute Gasteiger partial charge is 0.372 e. The van der Waals surface area contributed by atoms with Gasteiger partial charge in [-0.3, -0.25) is 0 Å². The smallest absolute Gasteiger partial charge is 0.0998 e. The maximum absolute atomic E-state index is 9.19. The summed E-state index contributed by atoms with van der Waals surface area (Å²) in [4.78, 5) is 0. The predicted molar refractivity (Wildman–Crippen MR) is 87.3 cm³/mol. The van der Waals surface area contributed by atoms with Gasteiger partial charge in [0, 0.05) is 6.54 Å². The number of piperidine rings is 1. The van der Waals surface area contributed by atoms with Crippen LogP contribution < -0.4 is 5.32 Å². The molecule has 1 aliphatic rings. The van der Waals surface area contributed by atoms with Crippen molar-refractivity contribution in [2.75, 3.05) is 13.1 Å². The van der Waals surface area contributed by atoms with Crippen molar-refractivity contribution in [3.63, 3.8) is 0 Å². The van der Waals surface area contributed by atoms with Crippen molar-refractivity contribution < 1.29 is 4.74 Å². The van der Waals surface area contributed by atoms with Crippen molar-refractivity contribution >= 4 is 0 Å². The van der Waals surface area contributed by atoms with Crippen LogP contribution in [0, 0.1) is 11.3 Å². The molecule has 0 aromatic heterocycles. The zero-order valence-electron chi connectivity index (χ0n) is 12.6. The number of hydrogen-bond acceptors (Lipinski definition) is 3. The van der Waals surface area contributed by atoms with E-state index in [-0.39, 0.29) is 0 Å². The normalized spacial score (nSPS) is 17.9. The molecule has 1 saturated heterocycles. The SMILES string of the molecule is N#Cc1ccccc1-c1ccc(COC2CCCNC2)cc1. The zero-order valence-corrected chi connectivity index (χ0v) is 12.6. The minimum absolute atomic E-state index is 0.327. The van der Waals surface area contributed by atoms with E-state index in [4.69, 9.17) is 4.74 Å². The predicted octanol–water partition coefficient (Wildman–Crippen LogP) is 3.49. The van der Waals surface area contributed by atoms with Gasteiger partial charge in [0.1, 0.15) is 0 Å². The molecule has 0 bridgehead atoms. The second kappa shape index (κ2) is 7.22. The molecule has 3 rings (SSSR count). The van der Waals surface area contributed by atoms with Crippen molar-refractivity contribution in [3.8, 4) is 17.2 Å². The van der Waals surface area contributed by atoms with Gasteiger partial charge in [0.05, 0.1) is 24.3 Å². The van der Waals surface area contributed by atoms with E-state index in [1.54, 1.807) is 0 Å². The number of nitrogens with zero attached hydrogens (tertiary/aromatic N) is 1. The minimum Gasteiger partial charge on any atom is -0.372 e. The molecule has 0 spiro atoms. The Hall–Kier alpha value is -2.15. The van der Waals surface area contributed by atoms with Gasteiger partial charge in [0.25, 0.3) is 0 Å². The molecule has 2 aromatic rings. The number of rotatable bonds is 4. The highest BCUT2D eigenvalue weighted by Crippen LogP contribution is 2.23. The summed E-state index contributed by atoms with van der Waals surface area (Å²) < 4.78 is 5.94. The zero-order chi connectivity index (χ0) is 15.2. The van der Waals surface area contributed by atoms with Crippen LogP contribution in [0.3, 0.4) is 0 Å². The summed E-state index contributed by atoms with van der Waals surface area (Å²) in [5.74, 6) is 0. The van der Waals surface area contributed by atoms with E-state index in [2.05, 4.69) is 35.7 Å². The van der Waals surface area contributed by atoms with Crippen LogP contribution in [-0.2, 0) is 11.3 Å². The summed E-state index contributed by atoms with van der Waals surface area (Å²) in [5, 5.41) is 12.5. The van der Waals surface area contributed by atoms with Gasteiger partial charge < -0.3 is 10.1 Å². The lowest BCUT2D eigenvalue weighted by Crippen LogP contribution is -2.35. The number of hydrogen-bond donors (Lipinski definition) is 1. The van der Waals surface area contributed by atoms with Crippen molar-refractivity contribution in [2.24, 2.45) is 0 Å². The molecule has 1 unspecified atom stereocenters. The molecule has 3 heteroatoms. The highest BCUT2D eigenvalue weighted by atomic mass is 16.5. The van der Waals surface area contributed by atoms with Gasteiger partial charge in [-0.1, -0.05) is 42.5 Å². The third-order valence-electron chi connectivity index (χ3n) is 4.05. The molecule has 1 atom stereocenters. The molecule has 1 heterocycles. The average Bonchev–Trinajstić information content (AvgIpc) is 2.61. The molecule has 0 aliphatic carbocycles. The van der Waals surface area contributed by atoms with Gasteiger partial charge in [-0.05, 0) is 42.1 Å². The van der Waals surface area contributed by atoms with E-state index in [1.165, 1.54) is 12.0 Å². The third kappa shape index (κ3) is 3.54. The second-order valence-corrected chi connectivity index (χ2v) is 5.63. The van der Waals surface area contributed by atoms with Gasteiger partial charge in [0.2, 0.25) is 0 Å². The van der Waals surface area contributed by atoms with Crippen LogP contribution in [0.15, 0.2) is 48.5 Å². The van der Waals surface area contributed by atoms with Crippen LogP contribution in [0.25, 0.3) is 11.1 Å². The Morgan fingerprint density at radius 1 is 1.14 bits per heavy atom. The van der Waals surface area contributed by atoms with Crippen molar-refractivity contribution in [1.29, 1.82) is 5.26 Å². The Bertz CT molecular complexity index is 652. The molecule has 2 aromatic carbocycles. The maximum Gasteiger partial charge on any atom is 0.0998 e. The summed E-state index contributed by atoms with van der Waals surface area (Å²) in [7, 11) is 0. The van der Waals surface area contributed by atoms with Crippen molar-refractivity contribution in [3.05, 3.63) is 59.7 Å². The van der Waals surface area contributed by atoms with Crippen LogP contribution in [0.4, 0.5) is 0 Å². The van der Waals surface area contributed by atoms with Crippen molar-refractivity contribution in [1.82, 2.24) is 5.32 Å². The number of benzene rings is 2. The molecule has 0 amide bonds. The van der Waals surface area contributed by atoms with E-state index >= 15 is 0 Å². The maximum atomic E-state index is 9.19.